The molecule has 3 aromatic rings. The summed E-state index contributed by atoms with van der Waals surface area (Å²) in [5.41, 5.74) is 5.02. The van der Waals surface area contributed by atoms with Crippen LogP contribution in [0.2, 0.25) is 0 Å². The highest BCUT2D eigenvalue weighted by Gasteiger charge is 2.42. The lowest BCUT2D eigenvalue weighted by Gasteiger charge is -2.37. The minimum absolute atomic E-state index is 0.111. The van der Waals surface area contributed by atoms with Gasteiger partial charge in [0, 0.05) is 46.1 Å². The van der Waals surface area contributed by atoms with E-state index in [1.165, 1.54) is 6.07 Å². The number of halogens is 1. The maximum atomic E-state index is 15.3. The highest BCUT2D eigenvalue weighted by molar-refractivity contribution is 6.10. The predicted molar refractivity (Wildman–Crippen MR) is 148 cm³/mol. The number of ether oxygens (including phenoxy) is 2. The second kappa shape index (κ2) is 10.8. The van der Waals surface area contributed by atoms with Crippen molar-refractivity contribution in [1.29, 1.82) is 0 Å². The van der Waals surface area contributed by atoms with Gasteiger partial charge in [-0.15, -0.1) is 0 Å². The average Bonchev–Trinajstić information content (AvgIpc) is 2.93. The number of Topliss-reactive ketones (excluding diaryl/α,β-unsaturated/α-hetero) is 1. The molecule has 3 aromatic carbocycles. The molecule has 1 aliphatic heterocycles. The van der Waals surface area contributed by atoms with E-state index < -0.39 is 11.7 Å². The number of carbonyl (C=O) groups excluding carboxylic acids is 2. The van der Waals surface area contributed by atoms with E-state index in [1.54, 1.807) is 39.3 Å². The summed E-state index contributed by atoms with van der Waals surface area (Å²) in [5, 5.41) is 6.28. The van der Waals surface area contributed by atoms with Crippen molar-refractivity contribution in [3.63, 3.8) is 0 Å². The molecule has 1 heterocycles. The van der Waals surface area contributed by atoms with Crippen LogP contribution in [0.3, 0.4) is 0 Å². The van der Waals surface area contributed by atoms with Gasteiger partial charge in [-0.3, -0.25) is 9.59 Å². The van der Waals surface area contributed by atoms with Crippen LogP contribution < -0.4 is 20.1 Å². The van der Waals surface area contributed by atoms with Gasteiger partial charge in [0.15, 0.2) is 17.3 Å². The molecule has 1 amide bonds. The Kier molecular flexibility index (Phi) is 7.24. The molecule has 0 unspecified atom stereocenters. The second-order valence-corrected chi connectivity index (χ2v) is 9.97. The first-order chi connectivity index (χ1) is 18.8. The first-order valence-electron chi connectivity index (χ1n) is 12.9. The van der Waals surface area contributed by atoms with E-state index >= 15 is 4.39 Å². The van der Waals surface area contributed by atoms with Crippen molar-refractivity contribution in [2.75, 3.05) is 19.5 Å². The molecular weight excluding hydrogens is 495 g/mol. The molecule has 0 saturated heterocycles. The van der Waals surface area contributed by atoms with Crippen LogP contribution >= 0.6 is 0 Å². The van der Waals surface area contributed by atoms with E-state index in [-0.39, 0.29) is 24.0 Å². The summed E-state index contributed by atoms with van der Waals surface area (Å²) in [7, 11) is 3.16. The first-order valence-corrected chi connectivity index (χ1v) is 12.9. The number of rotatable bonds is 6. The number of aryl methyl sites for hydroxylation is 1. The Hall–Kier alpha value is -4.39. The lowest BCUT2D eigenvalue weighted by atomic mass is 9.71. The third-order valence-corrected chi connectivity index (χ3v) is 7.48. The van der Waals surface area contributed by atoms with Crippen LogP contribution in [0.1, 0.15) is 48.3 Å². The largest absolute Gasteiger partial charge is 0.493 e. The van der Waals surface area contributed by atoms with Gasteiger partial charge in [0.2, 0.25) is 0 Å². The average molecular weight is 527 g/mol. The Morgan fingerprint density at radius 3 is 2.36 bits per heavy atom. The summed E-state index contributed by atoms with van der Waals surface area (Å²) in [6.07, 6.45) is 0.762. The summed E-state index contributed by atoms with van der Waals surface area (Å²) in [4.78, 5) is 27.5. The molecule has 0 spiro atoms. The summed E-state index contributed by atoms with van der Waals surface area (Å²) in [6, 6.07) is 19.5. The van der Waals surface area contributed by atoms with Gasteiger partial charge in [-0.25, -0.2) is 4.39 Å². The third kappa shape index (κ3) is 5.04. The fourth-order valence-corrected chi connectivity index (χ4v) is 5.54. The molecule has 0 aromatic heterocycles. The summed E-state index contributed by atoms with van der Waals surface area (Å²) < 4.78 is 26.1. The van der Waals surface area contributed by atoms with Crippen LogP contribution in [0, 0.1) is 12.7 Å². The van der Waals surface area contributed by atoms with Gasteiger partial charge < -0.3 is 20.1 Å². The monoisotopic (exact) mass is 526 g/mol. The summed E-state index contributed by atoms with van der Waals surface area (Å²) in [5.74, 6) is -0.689. The lowest BCUT2D eigenvalue weighted by Crippen LogP contribution is -2.37. The number of dihydropyridines is 1. The Balaban J connectivity index is 1.55. The molecule has 5 rings (SSSR count). The smallest absolute Gasteiger partial charge is 0.254 e. The van der Waals surface area contributed by atoms with Crippen molar-refractivity contribution in [3.05, 3.63) is 112 Å². The van der Waals surface area contributed by atoms with E-state index in [9.17, 15) is 9.59 Å². The van der Waals surface area contributed by atoms with Gasteiger partial charge in [0.05, 0.1) is 14.2 Å². The zero-order chi connectivity index (χ0) is 27.7. The predicted octanol–water partition coefficient (Wildman–Crippen LogP) is 6.15. The molecule has 0 saturated carbocycles. The number of nitrogens with one attached hydrogen (secondary N) is 2. The Morgan fingerprint density at radius 2 is 1.67 bits per heavy atom. The van der Waals surface area contributed by atoms with Gasteiger partial charge in [-0.05, 0) is 62.1 Å². The lowest BCUT2D eigenvalue weighted by molar-refractivity contribution is -0.116. The SMILES string of the molecule is COc1ccc([C@@H]2CC(=O)C3=C(C2)NC(C)=C(C(=O)Nc2ccc(C)cc2)[C@H]3c2ccccc2F)cc1OC. The first kappa shape index (κ1) is 26.2. The Morgan fingerprint density at radius 1 is 0.949 bits per heavy atom. The minimum atomic E-state index is -0.827. The fourth-order valence-electron chi connectivity index (χ4n) is 5.54. The molecule has 0 fully saturated rings. The molecule has 7 heteroatoms. The number of amides is 1. The van der Waals surface area contributed by atoms with Gasteiger partial charge in [-0.1, -0.05) is 42.0 Å². The highest BCUT2D eigenvalue weighted by atomic mass is 19.1. The Bertz CT molecular complexity index is 1510. The van der Waals surface area contributed by atoms with E-state index in [2.05, 4.69) is 10.6 Å². The van der Waals surface area contributed by atoms with E-state index in [4.69, 9.17) is 9.47 Å². The number of hydrogen-bond donors (Lipinski definition) is 2. The van der Waals surface area contributed by atoms with Crippen LogP contribution in [0.25, 0.3) is 0 Å². The quantitative estimate of drug-likeness (QED) is 0.403. The highest BCUT2D eigenvalue weighted by Crippen LogP contribution is 2.47. The van der Waals surface area contributed by atoms with Crippen molar-refractivity contribution in [2.24, 2.45) is 0 Å². The van der Waals surface area contributed by atoms with Gasteiger partial charge >= 0.3 is 0 Å². The van der Waals surface area contributed by atoms with Gasteiger partial charge in [-0.2, -0.15) is 0 Å². The zero-order valence-corrected chi connectivity index (χ0v) is 22.4. The van der Waals surface area contributed by atoms with Crippen LogP contribution in [0.4, 0.5) is 10.1 Å². The van der Waals surface area contributed by atoms with Crippen molar-refractivity contribution >= 4 is 17.4 Å². The number of allylic oxidation sites excluding steroid dienone is 3. The number of ketones is 1. The molecular formula is C32H31FN2O4. The third-order valence-electron chi connectivity index (χ3n) is 7.48. The molecule has 1 aliphatic carbocycles. The van der Waals surface area contributed by atoms with Crippen LogP contribution in [0.5, 0.6) is 11.5 Å². The van der Waals surface area contributed by atoms with Crippen molar-refractivity contribution in [1.82, 2.24) is 5.32 Å². The summed E-state index contributed by atoms with van der Waals surface area (Å²) in [6.45, 7) is 3.77. The Labute approximate surface area is 227 Å². The normalized spacial score (nSPS) is 18.8. The number of methoxy groups -OCH3 is 2. The molecule has 200 valence electrons. The number of anilines is 1. The molecule has 39 heavy (non-hydrogen) atoms. The molecule has 2 N–H and O–H groups in total. The van der Waals surface area contributed by atoms with Crippen molar-refractivity contribution < 1.29 is 23.5 Å². The molecule has 0 bridgehead atoms. The number of carbonyl (C=O) groups is 2. The minimum Gasteiger partial charge on any atom is -0.493 e. The maximum absolute atomic E-state index is 15.3. The molecule has 0 radical (unpaired) electrons. The maximum Gasteiger partial charge on any atom is 0.254 e. The van der Waals surface area contributed by atoms with Gasteiger partial charge in [0.1, 0.15) is 5.82 Å². The van der Waals surface area contributed by atoms with Crippen LogP contribution in [0.15, 0.2) is 89.3 Å². The van der Waals surface area contributed by atoms with E-state index in [1.807, 2.05) is 49.4 Å². The van der Waals surface area contributed by atoms with Crippen molar-refractivity contribution in [2.45, 2.75) is 38.5 Å². The summed E-state index contributed by atoms with van der Waals surface area (Å²) >= 11 is 0. The van der Waals surface area contributed by atoms with Crippen LogP contribution in [-0.2, 0) is 9.59 Å². The topological polar surface area (TPSA) is 76.7 Å². The number of benzene rings is 3. The second-order valence-electron chi connectivity index (χ2n) is 9.97. The van der Waals surface area contributed by atoms with Crippen molar-refractivity contribution in [3.8, 4) is 11.5 Å². The van der Waals surface area contributed by atoms with E-state index in [0.29, 0.717) is 51.7 Å². The zero-order valence-electron chi connectivity index (χ0n) is 22.4. The fraction of sp³-hybridized carbons (Fsp3) is 0.250. The number of hydrogen-bond acceptors (Lipinski definition) is 5. The van der Waals surface area contributed by atoms with Gasteiger partial charge in [0.25, 0.3) is 5.91 Å². The van der Waals surface area contributed by atoms with Crippen LogP contribution in [-0.4, -0.2) is 25.9 Å². The molecule has 6 nitrogen and oxygen atoms in total. The standard InChI is InChI=1S/C32H31FN2O4/c1-18-9-12-22(13-10-18)35-32(37)29-19(2)34-25-15-21(20-11-14-27(38-3)28(17-20)39-4)16-26(36)31(25)30(29)23-7-5-6-8-24(23)33/h5-14,17,21,30,34H,15-16H2,1-4H3,(H,35,37)/t21-,30+/m0/s1. The molecule has 2 aliphatic rings. The molecule has 2 atom stereocenters. The van der Waals surface area contributed by atoms with E-state index in [0.717, 1.165) is 11.1 Å².